The van der Waals surface area contributed by atoms with E-state index in [1.165, 1.54) is 30.5 Å². The van der Waals surface area contributed by atoms with Crippen molar-refractivity contribution < 1.29 is 48.1 Å². The largest absolute Gasteiger partial charge is 0.507 e. The summed E-state index contributed by atoms with van der Waals surface area (Å²) in [6.07, 6.45) is 1.47. The SMILES string of the molecule is [2H]c1c([2H])c(C([2H])([2H])[2H])c([2H])c([2H])c1-c1ccnc(-c2[c-]c(-c3cccc4c3nc(-c3cc(C(C)(C)C)cc(C(C)(C)C)c3O)n4-c3ccc(C(C([2H])([2H])[2H])(C([2H])([2H])[2H])C([2H])([2H])[2H])cc3-c3ccccc3)cc(C(C)(C)C)c2)c1.[Pt]. The van der Waals surface area contributed by atoms with Gasteiger partial charge in [-0.2, -0.15) is 0 Å². The van der Waals surface area contributed by atoms with Crippen LogP contribution in [0, 0.1) is 12.9 Å². The van der Waals surface area contributed by atoms with Crippen molar-refractivity contribution in [3.63, 3.8) is 0 Å². The zero-order valence-electron chi connectivity index (χ0n) is 53.5. The van der Waals surface area contributed by atoms with E-state index >= 15 is 0 Å². The van der Waals surface area contributed by atoms with Gasteiger partial charge in [-0.25, -0.2) is 4.98 Å². The van der Waals surface area contributed by atoms with E-state index in [4.69, 9.17) is 31.9 Å². The number of rotatable bonds is 6. The summed E-state index contributed by atoms with van der Waals surface area (Å²) in [4.78, 5) is 10.2. The normalized spacial score (nSPS) is 16.8. The molecule has 0 amide bonds. The minimum atomic E-state index is -3.55. The van der Waals surface area contributed by atoms with Crippen LogP contribution in [0.4, 0.5) is 0 Å². The van der Waals surface area contributed by atoms with Crippen LogP contribution in [0.5, 0.6) is 5.75 Å². The summed E-state index contributed by atoms with van der Waals surface area (Å²) in [6.45, 7) is 4.74. The van der Waals surface area contributed by atoms with Crippen molar-refractivity contribution in [3.05, 3.63) is 167 Å². The van der Waals surface area contributed by atoms with Gasteiger partial charge < -0.3 is 5.11 Å². The molecule has 0 aliphatic rings. The van der Waals surface area contributed by atoms with Crippen molar-refractivity contribution in [2.45, 2.75) is 111 Å². The van der Waals surface area contributed by atoms with Crippen LogP contribution in [0.25, 0.3) is 72.7 Å². The summed E-state index contributed by atoms with van der Waals surface area (Å²) < 4.78 is 138. The molecule has 0 radical (unpaired) electrons. The van der Waals surface area contributed by atoms with E-state index in [9.17, 15) is 5.11 Å². The Kier molecular flexibility index (Phi) is 7.96. The number of nitrogens with zero attached hydrogens (tertiary/aromatic N) is 3. The van der Waals surface area contributed by atoms with Crippen molar-refractivity contribution in [2.24, 2.45) is 0 Å². The summed E-state index contributed by atoms with van der Waals surface area (Å²) in [5.41, 5.74) is 0.958. The molecule has 0 bridgehead atoms. The second-order valence-corrected chi connectivity index (χ2v) is 19.3. The average molecular weight is 1040 g/mol. The van der Waals surface area contributed by atoms with Crippen LogP contribution in [0.2, 0.25) is 0 Å². The van der Waals surface area contributed by atoms with E-state index in [0.717, 1.165) is 11.1 Å². The number of pyridine rings is 1. The molecule has 0 atom stereocenters. The summed E-state index contributed by atoms with van der Waals surface area (Å²) in [5, 5.41) is 12.6. The number of phenols is 1. The average Bonchev–Trinajstić information content (AvgIpc) is 3.84. The van der Waals surface area contributed by atoms with Crippen molar-refractivity contribution in [1.29, 1.82) is 0 Å². The van der Waals surface area contributed by atoms with Gasteiger partial charge in [-0.1, -0.05) is 184 Å². The molecule has 0 saturated carbocycles. The van der Waals surface area contributed by atoms with Crippen LogP contribution in [0.15, 0.2) is 133 Å². The van der Waals surface area contributed by atoms with E-state index in [1.54, 1.807) is 36.4 Å². The minimum absolute atomic E-state index is 0. The van der Waals surface area contributed by atoms with Gasteiger partial charge in [-0.3, -0.25) is 9.55 Å². The van der Waals surface area contributed by atoms with Gasteiger partial charge in [0.2, 0.25) is 0 Å². The van der Waals surface area contributed by atoms with Crippen molar-refractivity contribution in [1.82, 2.24) is 14.5 Å². The van der Waals surface area contributed by atoms with Crippen molar-refractivity contribution >= 4 is 11.0 Å². The molecule has 0 fully saturated rings. The molecule has 330 valence electrons. The molecule has 64 heavy (non-hydrogen) atoms. The van der Waals surface area contributed by atoms with E-state index in [2.05, 4.69) is 26.8 Å². The molecule has 0 aliphatic carbocycles. The molecule has 1 N–H and O–H groups in total. The summed E-state index contributed by atoms with van der Waals surface area (Å²) in [7, 11) is 0. The van der Waals surface area contributed by atoms with E-state index in [1.807, 2.05) is 88.6 Å². The van der Waals surface area contributed by atoms with Gasteiger partial charge in [0.15, 0.2) is 0 Å². The van der Waals surface area contributed by atoms with Crippen LogP contribution in [-0.2, 0) is 42.7 Å². The predicted molar refractivity (Wildman–Crippen MR) is 266 cm³/mol. The van der Waals surface area contributed by atoms with Gasteiger partial charge in [0.05, 0.1) is 27.8 Å². The summed E-state index contributed by atoms with van der Waals surface area (Å²) in [6, 6.07) is 30.5. The fourth-order valence-electron chi connectivity index (χ4n) is 7.84. The first-order chi connectivity index (χ1) is 36.2. The van der Waals surface area contributed by atoms with Gasteiger partial charge >= 0.3 is 0 Å². The van der Waals surface area contributed by atoms with Gasteiger partial charge in [0.1, 0.15) is 11.6 Å². The Labute approximate surface area is 418 Å². The molecule has 0 spiro atoms. The van der Waals surface area contributed by atoms with Gasteiger partial charge in [-0.05, 0) is 86.7 Å². The first kappa shape index (κ1) is 29.8. The zero-order chi connectivity index (χ0) is 58.7. The number of phenolic OH excluding ortho intramolecular Hbond substituents is 1. The minimum Gasteiger partial charge on any atom is -0.507 e. The van der Waals surface area contributed by atoms with Crippen molar-refractivity contribution in [2.75, 3.05) is 0 Å². The maximum Gasteiger partial charge on any atom is 0.148 e. The number of hydrogen-bond acceptors (Lipinski definition) is 3. The van der Waals surface area contributed by atoms with Crippen LogP contribution in [-0.4, -0.2) is 19.6 Å². The zero-order valence-corrected chi connectivity index (χ0v) is 39.8. The van der Waals surface area contributed by atoms with Gasteiger partial charge in [0, 0.05) is 60.5 Å². The smallest absolute Gasteiger partial charge is 0.148 e. The Morgan fingerprint density at radius 1 is 0.594 bits per heavy atom. The van der Waals surface area contributed by atoms with Gasteiger partial charge in [0.25, 0.3) is 0 Å². The number of benzene rings is 6. The molecule has 2 heterocycles. The number of aromatic hydroxyl groups is 1. The molecule has 2 aromatic heterocycles. The predicted octanol–water partition coefficient (Wildman–Crippen LogP) is 15.8. The van der Waals surface area contributed by atoms with E-state index in [0.29, 0.717) is 55.8 Å². The van der Waals surface area contributed by atoms with Crippen LogP contribution in [0.3, 0.4) is 0 Å². The molecule has 8 aromatic rings. The third kappa shape index (κ3) is 9.18. The third-order valence-corrected chi connectivity index (χ3v) is 11.4. The maximum absolute atomic E-state index is 12.6. The Bertz CT molecular complexity index is 3620. The Morgan fingerprint density at radius 2 is 1.27 bits per heavy atom. The fraction of sp³-hybridized carbons (Fsp3) is 0.288. The Morgan fingerprint density at radius 3 is 1.92 bits per heavy atom. The van der Waals surface area contributed by atoms with Crippen LogP contribution >= 0.6 is 0 Å². The Hall–Kier alpha value is -5.57. The molecule has 0 saturated heterocycles. The standard InChI is InChI=1S/C59H62N3O.Pt/c1-37-22-24-38(25-23-37)40-28-29-60-50(33-40)42-30-41(31-44(32-42)57(5,6)7)46-20-17-21-52-53(46)61-55(48-35-45(58(8,9)10)36-49(54(48)63)59(11,12)13)62(52)51-27-26-43(56(2,3)4)34-47(51)39-18-15-14-16-19-39;/h14-29,31-36,63H,1-13H3;/q-1;/i1D3,2D3,3D3,4D3,22D,23D,24D,25D;. The van der Waals surface area contributed by atoms with E-state index in [-0.39, 0.29) is 49.3 Å². The molecule has 8 rings (SSSR count). The van der Waals surface area contributed by atoms with Crippen LogP contribution in [0.1, 0.15) is 133 Å². The van der Waals surface area contributed by atoms with Crippen molar-refractivity contribution in [3.8, 4) is 67.5 Å². The molecule has 0 aliphatic heterocycles. The molecule has 0 unspecified atom stereocenters. The molecule has 4 nitrogen and oxygen atoms in total. The van der Waals surface area contributed by atoms with Gasteiger partial charge in [-0.15, -0.1) is 29.3 Å². The maximum atomic E-state index is 12.6. The summed E-state index contributed by atoms with van der Waals surface area (Å²) in [5.74, 6) is 0.202. The first-order valence-electron chi connectivity index (χ1n) is 29.0. The monoisotopic (exact) mass is 1040 g/mol. The number of fused-ring (bicyclic) bond motifs is 1. The molecule has 5 heteroatoms. The Balaban J connectivity index is 0.00000924. The quantitative estimate of drug-likeness (QED) is 0.169. The molecular weight excluding hydrogens is 962 g/mol. The summed E-state index contributed by atoms with van der Waals surface area (Å²) >= 11 is 0. The number of hydrogen-bond donors (Lipinski definition) is 1. The number of aromatic nitrogens is 3. The second-order valence-electron chi connectivity index (χ2n) is 19.3. The van der Waals surface area contributed by atoms with Crippen LogP contribution < -0.4 is 0 Å². The molecular formula is C59H62N3OPt-. The molecule has 6 aromatic carbocycles. The van der Waals surface area contributed by atoms with E-state index < -0.39 is 84.4 Å². The third-order valence-electron chi connectivity index (χ3n) is 11.4. The fourth-order valence-corrected chi connectivity index (χ4v) is 7.84. The number of imidazole rings is 1. The first-order valence-corrected chi connectivity index (χ1v) is 21.0. The second kappa shape index (κ2) is 17.1. The topological polar surface area (TPSA) is 50.9 Å². The number of para-hydroxylation sites is 1.